The first-order valence-electron chi connectivity index (χ1n) is 15.4. The normalized spacial score (nSPS) is 13.9. The van der Waals surface area contributed by atoms with Crippen LogP contribution in [0.4, 0.5) is 0 Å². The lowest BCUT2D eigenvalue weighted by Gasteiger charge is -2.33. The van der Waals surface area contributed by atoms with E-state index in [1.165, 1.54) is 72.0 Å². The quantitative estimate of drug-likeness (QED) is 0.184. The second kappa shape index (κ2) is 10.4. The van der Waals surface area contributed by atoms with E-state index in [4.69, 9.17) is 0 Å². The third-order valence-electron chi connectivity index (χ3n) is 9.36. The molecule has 0 atom stereocenters. The lowest BCUT2D eigenvalue weighted by Crippen LogP contribution is -2.28. The minimum absolute atomic E-state index is 0.390. The van der Waals surface area contributed by atoms with Gasteiger partial charge in [-0.25, -0.2) is 0 Å². The fourth-order valence-electron chi connectivity index (χ4n) is 7.55. The maximum absolute atomic E-state index is 2.44. The van der Waals surface area contributed by atoms with Crippen molar-refractivity contribution in [3.8, 4) is 16.8 Å². The maximum atomic E-state index is 2.44. The molecule has 210 valence electrons. The van der Waals surface area contributed by atoms with Gasteiger partial charge in [0.15, 0.2) is 0 Å². The second-order valence-corrected chi connectivity index (χ2v) is 11.6. The molecular formula is C43H33N. The summed E-state index contributed by atoms with van der Waals surface area (Å²) < 4.78 is 2.44. The van der Waals surface area contributed by atoms with E-state index in [1.54, 1.807) is 0 Å². The van der Waals surface area contributed by atoms with Crippen LogP contribution in [0.2, 0.25) is 0 Å². The summed E-state index contributed by atoms with van der Waals surface area (Å²) in [6, 6.07) is 53.8. The standard InChI is InChI=1S/C43H33N/c1-3-15-30(4-2)31-24-27-42-38(28-31)36-21-12-14-23-41(36)44(42)34-25-26-40-37(29-34)35-20-11-13-22-39(35)43(40,32-16-7-5-8-17-32)33-18-9-6-10-19-33/h3-29H,1-2H3/b15-3+,30-4+. The molecule has 0 radical (unpaired) electrons. The Balaban J connectivity index is 1.41. The molecule has 1 aliphatic rings. The van der Waals surface area contributed by atoms with Gasteiger partial charge in [-0.05, 0) is 88.7 Å². The first-order valence-corrected chi connectivity index (χ1v) is 15.4. The molecule has 6 aromatic carbocycles. The topological polar surface area (TPSA) is 4.93 Å². The molecule has 1 heteroatoms. The van der Waals surface area contributed by atoms with Gasteiger partial charge < -0.3 is 4.57 Å². The van der Waals surface area contributed by atoms with E-state index in [0.29, 0.717) is 0 Å². The number of rotatable bonds is 5. The fraction of sp³-hybridized carbons (Fsp3) is 0.0698. The van der Waals surface area contributed by atoms with Crippen LogP contribution in [0.25, 0.3) is 44.2 Å². The maximum Gasteiger partial charge on any atom is 0.0713 e. The average molecular weight is 564 g/mol. The van der Waals surface area contributed by atoms with Crippen molar-refractivity contribution in [2.75, 3.05) is 0 Å². The van der Waals surface area contributed by atoms with Crippen molar-refractivity contribution in [1.29, 1.82) is 0 Å². The van der Waals surface area contributed by atoms with Crippen molar-refractivity contribution in [3.05, 3.63) is 192 Å². The van der Waals surface area contributed by atoms with Gasteiger partial charge in [-0.1, -0.05) is 133 Å². The summed E-state index contributed by atoms with van der Waals surface area (Å²) in [5.41, 5.74) is 13.5. The molecule has 8 rings (SSSR count). The molecule has 0 aliphatic heterocycles. The molecule has 1 heterocycles. The van der Waals surface area contributed by atoms with Gasteiger partial charge in [0.1, 0.15) is 0 Å². The summed E-state index contributed by atoms with van der Waals surface area (Å²) in [5.74, 6) is 0. The Morgan fingerprint density at radius 1 is 0.545 bits per heavy atom. The molecule has 0 N–H and O–H groups in total. The van der Waals surface area contributed by atoms with Crippen LogP contribution in [0, 0.1) is 0 Å². The van der Waals surface area contributed by atoms with E-state index >= 15 is 0 Å². The monoisotopic (exact) mass is 563 g/mol. The molecule has 7 aromatic rings. The SMILES string of the molecule is C/C=C/C(=C\C)c1ccc2c(c1)c1ccccc1n2-c1ccc2c(c1)-c1ccccc1C2(c1ccccc1)c1ccccc1. The molecule has 1 nitrogen and oxygen atoms in total. The molecule has 0 amide bonds. The molecule has 1 aliphatic carbocycles. The van der Waals surface area contributed by atoms with E-state index < -0.39 is 5.41 Å². The number of hydrogen-bond acceptors (Lipinski definition) is 0. The Hall–Kier alpha value is -5.40. The van der Waals surface area contributed by atoms with E-state index in [0.717, 1.165) is 0 Å². The van der Waals surface area contributed by atoms with Crippen molar-refractivity contribution >= 4 is 27.4 Å². The van der Waals surface area contributed by atoms with Crippen LogP contribution < -0.4 is 0 Å². The molecule has 0 unspecified atom stereocenters. The summed E-state index contributed by atoms with van der Waals surface area (Å²) >= 11 is 0. The third kappa shape index (κ3) is 3.72. The number of nitrogens with zero attached hydrogens (tertiary/aromatic N) is 1. The van der Waals surface area contributed by atoms with Gasteiger partial charge in [0, 0.05) is 16.5 Å². The molecule has 1 aromatic heterocycles. The van der Waals surface area contributed by atoms with E-state index in [1.807, 2.05) is 0 Å². The summed E-state index contributed by atoms with van der Waals surface area (Å²) in [4.78, 5) is 0. The lowest BCUT2D eigenvalue weighted by molar-refractivity contribution is 0.768. The number of aromatic nitrogens is 1. The van der Waals surface area contributed by atoms with Crippen molar-refractivity contribution in [2.24, 2.45) is 0 Å². The zero-order valence-electron chi connectivity index (χ0n) is 25.0. The zero-order chi connectivity index (χ0) is 29.7. The summed E-state index contributed by atoms with van der Waals surface area (Å²) in [6.07, 6.45) is 6.48. The van der Waals surface area contributed by atoms with Crippen molar-refractivity contribution in [3.63, 3.8) is 0 Å². The van der Waals surface area contributed by atoms with Gasteiger partial charge in [-0.3, -0.25) is 0 Å². The summed E-state index contributed by atoms with van der Waals surface area (Å²) in [6.45, 7) is 4.18. The van der Waals surface area contributed by atoms with Crippen molar-refractivity contribution in [2.45, 2.75) is 19.3 Å². The van der Waals surface area contributed by atoms with Gasteiger partial charge >= 0.3 is 0 Å². The number of fused-ring (bicyclic) bond motifs is 6. The largest absolute Gasteiger partial charge is 0.309 e. The van der Waals surface area contributed by atoms with E-state index in [2.05, 4.69) is 182 Å². The minimum Gasteiger partial charge on any atom is -0.309 e. The van der Waals surface area contributed by atoms with Crippen LogP contribution in [0.15, 0.2) is 164 Å². The first-order chi connectivity index (χ1) is 21.8. The molecule has 0 fully saturated rings. The van der Waals surface area contributed by atoms with Gasteiger partial charge in [-0.15, -0.1) is 0 Å². The van der Waals surface area contributed by atoms with Crippen LogP contribution in [-0.2, 0) is 5.41 Å². The highest BCUT2D eigenvalue weighted by Gasteiger charge is 2.46. The van der Waals surface area contributed by atoms with E-state index in [9.17, 15) is 0 Å². The molecule has 44 heavy (non-hydrogen) atoms. The molecular weight excluding hydrogens is 530 g/mol. The molecule has 0 spiro atoms. The van der Waals surface area contributed by atoms with Gasteiger partial charge in [0.2, 0.25) is 0 Å². The van der Waals surface area contributed by atoms with Crippen molar-refractivity contribution in [1.82, 2.24) is 4.57 Å². The Morgan fingerprint density at radius 2 is 1.18 bits per heavy atom. The van der Waals surface area contributed by atoms with Gasteiger partial charge in [-0.2, -0.15) is 0 Å². The van der Waals surface area contributed by atoms with Gasteiger partial charge in [0.25, 0.3) is 0 Å². The predicted molar refractivity (Wildman–Crippen MR) is 187 cm³/mol. The highest BCUT2D eigenvalue weighted by Crippen LogP contribution is 2.56. The van der Waals surface area contributed by atoms with E-state index in [-0.39, 0.29) is 0 Å². The minimum atomic E-state index is -0.390. The average Bonchev–Trinajstić information content (AvgIpc) is 3.58. The third-order valence-corrected chi connectivity index (χ3v) is 9.36. The number of allylic oxidation sites excluding steroid dienone is 4. The Bertz CT molecular complexity index is 2190. The van der Waals surface area contributed by atoms with Crippen LogP contribution >= 0.6 is 0 Å². The Labute approximate surface area is 259 Å². The highest BCUT2D eigenvalue weighted by atomic mass is 15.0. The first kappa shape index (κ1) is 26.2. The number of para-hydroxylation sites is 1. The van der Waals surface area contributed by atoms with Crippen LogP contribution in [0.1, 0.15) is 41.7 Å². The Morgan fingerprint density at radius 3 is 1.91 bits per heavy atom. The molecule has 0 bridgehead atoms. The molecule has 0 saturated carbocycles. The van der Waals surface area contributed by atoms with Crippen LogP contribution in [0.5, 0.6) is 0 Å². The number of benzene rings is 6. The Kier molecular flexibility index (Phi) is 6.20. The zero-order valence-corrected chi connectivity index (χ0v) is 25.0. The second-order valence-electron chi connectivity index (χ2n) is 11.6. The highest BCUT2D eigenvalue weighted by molar-refractivity contribution is 6.10. The predicted octanol–water partition coefficient (Wildman–Crippen LogP) is 11.1. The fourth-order valence-corrected chi connectivity index (χ4v) is 7.55. The van der Waals surface area contributed by atoms with Crippen molar-refractivity contribution < 1.29 is 0 Å². The van der Waals surface area contributed by atoms with Gasteiger partial charge in [0.05, 0.1) is 16.4 Å². The number of hydrogen-bond donors (Lipinski definition) is 0. The summed E-state index contributed by atoms with van der Waals surface area (Å²) in [7, 11) is 0. The summed E-state index contributed by atoms with van der Waals surface area (Å²) in [5, 5.41) is 2.54. The van der Waals surface area contributed by atoms with Crippen LogP contribution in [0.3, 0.4) is 0 Å². The lowest BCUT2D eigenvalue weighted by atomic mass is 9.68. The molecule has 0 saturated heterocycles. The smallest absolute Gasteiger partial charge is 0.0713 e. The van der Waals surface area contributed by atoms with Crippen LogP contribution in [-0.4, -0.2) is 4.57 Å².